The molecule has 3 rings (SSSR count). The molecule has 0 aliphatic heterocycles. The van der Waals surface area contributed by atoms with E-state index in [-0.39, 0.29) is 12.4 Å². The maximum absolute atomic E-state index is 12.4. The van der Waals surface area contributed by atoms with Gasteiger partial charge in [0.25, 0.3) is 5.91 Å². The number of hydrogen-bond acceptors (Lipinski definition) is 5. The van der Waals surface area contributed by atoms with Gasteiger partial charge in [-0.15, -0.1) is 0 Å². The molecule has 0 saturated carbocycles. The molecule has 1 aromatic heterocycles. The molecule has 0 bridgehead atoms. The van der Waals surface area contributed by atoms with E-state index in [1.54, 1.807) is 12.1 Å². The normalized spacial score (nSPS) is 11.9. The van der Waals surface area contributed by atoms with Gasteiger partial charge in [0.2, 0.25) is 5.76 Å². The molecule has 2 N–H and O–H groups in total. The van der Waals surface area contributed by atoms with E-state index in [9.17, 15) is 9.59 Å². The zero-order chi connectivity index (χ0) is 17.8. The summed E-state index contributed by atoms with van der Waals surface area (Å²) in [6.45, 7) is 1.53. The number of fused-ring (bicyclic) bond motifs is 1. The topological polar surface area (TPSA) is 91.8 Å². The molecule has 0 unspecified atom stereocenters. The fourth-order valence-corrected chi connectivity index (χ4v) is 2.35. The van der Waals surface area contributed by atoms with E-state index in [0.29, 0.717) is 16.9 Å². The number of rotatable bonds is 6. The highest BCUT2D eigenvalue weighted by Gasteiger charge is 2.25. The Kier molecular flexibility index (Phi) is 4.70. The number of esters is 1. The summed E-state index contributed by atoms with van der Waals surface area (Å²) in [5, 5.41) is 0.747. The molecule has 3 aromatic rings. The summed E-state index contributed by atoms with van der Waals surface area (Å²) in [6, 6.07) is 16.4. The lowest BCUT2D eigenvalue weighted by Crippen LogP contribution is -2.30. The van der Waals surface area contributed by atoms with Crippen molar-refractivity contribution in [2.75, 3.05) is 0 Å². The molecule has 6 heteroatoms. The van der Waals surface area contributed by atoms with Gasteiger partial charge in [-0.2, -0.15) is 0 Å². The molecule has 1 atom stereocenters. The number of hydrogen-bond donors (Lipinski definition) is 1. The second-order valence-corrected chi connectivity index (χ2v) is 5.46. The van der Waals surface area contributed by atoms with Gasteiger partial charge in [0.15, 0.2) is 6.10 Å². The third kappa shape index (κ3) is 3.63. The Balaban J connectivity index is 1.91. The maximum Gasteiger partial charge on any atom is 0.375 e. The van der Waals surface area contributed by atoms with Gasteiger partial charge in [0.1, 0.15) is 17.9 Å². The quantitative estimate of drug-likeness (QED) is 0.697. The maximum atomic E-state index is 12.4. The second-order valence-electron chi connectivity index (χ2n) is 5.46. The molecule has 128 valence electrons. The number of ether oxygens (including phenoxy) is 2. The van der Waals surface area contributed by atoms with Gasteiger partial charge in [0.05, 0.1) is 5.56 Å². The molecule has 0 aliphatic carbocycles. The molecular formula is C19H17NO5. The molecule has 1 heterocycles. The van der Waals surface area contributed by atoms with Crippen LogP contribution in [0.25, 0.3) is 11.0 Å². The number of para-hydroxylation sites is 2. The molecule has 25 heavy (non-hydrogen) atoms. The number of benzene rings is 2. The Bertz CT molecular complexity index is 901. The van der Waals surface area contributed by atoms with Crippen molar-refractivity contribution < 1.29 is 23.5 Å². The highest BCUT2D eigenvalue weighted by molar-refractivity contribution is 5.97. The van der Waals surface area contributed by atoms with Crippen LogP contribution in [0.3, 0.4) is 0 Å². The number of carbonyl (C=O) groups is 2. The van der Waals surface area contributed by atoms with Crippen LogP contribution in [0.5, 0.6) is 5.75 Å². The Morgan fingerprint density at radius 2 is 1.76 bits per heavy atom. The average molecular weight is 339 g/mol. The van der Waals surface area contributed by atoms with Crippen molar-refractivity contribution in [2.24, 2.45) is 5.73 Å². The van der Waals surface area contributed by atoms with Gasteiger partial charge in [-0.25, -0.2) is 4.79 Å². The number of furan rings is 1. The van der Waals surface area contributed by atoms with Crippen LogP contribution in [0.4, 0.5) is 0 Å². The highest BCUT2D eigenvalue weighted by Crippen LogP contribution is 2.28. The van der Waals surface area contributed by atoms with E-state index in [1.165, 1.54) is 6.92 Å². The van der Waals surface area contributed by atoms with Gasteiger partial charge in [-0.3, -0.25) is 4.79 Å². The number of carbonyl (C=O) groups excluding carboxylic acids is 2. The van der Waals surface area contributed by atoms with Gasteiger partial charge < -0.3 is 19.6 Å². The Morgan fingerprint density at radius 3 is 2.48 bits per heavy atom. The van der Waals surface area contributed by atoms with Crippen LogP contribution in [-0.2, 0) is 16.1 Å². The minimum absolute atomic E-state index is 0.00484. The zero-order valence-corrected chi connectivity index (χ0v) is 13.6. The highest BCUT2D eigenvalue weighted by atomic mass is 16.6. The van der Waals surface area contributed by atoms with E-state index < -0.39 is 18.0 Å². The summed E-state index contributed by atoms with van der Waals surface area (Å²) in [5.74, 6) is -0.816. The number of nitrogens with two attached hydrogens (primary N) is 1. The summed E-state index contributed by atoms with van der Waals surface area (Å²) >= 11 is 0. The minimum Gasteiger partial charge on any atom is -0.489 e. The van der Waals surface area contributed by atoms with Gasteiger partial charge in [-0.05, 0) is 25.1 Å². The molecule has 2 aromatic carbocycles. The summed E-state index contributed by atoms with van der Waals surface area (Å²) in [6.07, 6.45) is -1.05. The lowest BCUT2D eigenvalue weighted by molar-refractivity contribution is -0.125. The SMILES string of the molecule is C[C@H](OC(=O)c1oc2ccccc2c1COc1ccccc1)C(N)=O. The molecule has 1 amide bonds. The molecule has 0 aliphatic rings. The third-order valence-corrected chi connectivity index (χ3v) is 3.69. The Hall–Kier alpha value is -3.28. The van der Waals surface area contributed by atoms with Crippen LogP contribution >= 0.6 is 0 Å². The molecule has 0 saturated heterocycles. The van der Waals surface area contributed by atoms with Crippen molar-refractivity contribution in [1.29, 1.82) is 0 Å². The summed E-state index contributed by atoms with van der Waals surface area (Å²) in [7, 11) is 0. The largest absolute Gasteiger partial charge is 0.489 e. The van der Waals surface area contributed by atoms with Crippen molar-refractivity contribution in [1.82, 2.24) is 0 Å². The first-order chi connectivity index (χ1) is 12.1. The van der Waals surface area contributed by atoms with Gasteiger partial charge >= 0.3 is 5.97 Å². The number of amides is 1. The van der Waals surface area contributed by atoms with E-state index in [4.69, 9.17) is 19.6 Å². The Morgan fingerprint density at radius 1 is 1.08 bits per heavy atom. The standard InChI is InChI=1S/C19H17NO5/c1-12(18(20)21)24-19(22)17-15(11-23-13-7-3-2-4-8-13)14-9-5-6-10-16(14)25-17/h2-10,12H,11H2,1H3,(H2,20,21)/t12-/m0/s1. The predicted octanol–water partition coefficient (Wildman–Crippen LogP) is 3.04. The fourth-order valence-electron chi connectivity index (χ4n) is 2.35. The minimum atomic E-state index is -1.05. The first-order valence-corrected chi connectivity index (χ1v) is 7.75. The molecule has 6 nitrogen and oxygen atoms in total. The molecular weight excluding hydrogens is 322 g/mol. The fraction of sp³-hybridized carbons (Fsp3) is 0.158. The monoisotopic (exact) mass is 339 g/mol. The van der Waals surface area contributed by atoms with Crippen molar-refractivity contribution >= 4 is 22.8 Å². The molecule has 0 radical (unpaired) electrons. The van der Waals surface area contributed by atoms with Crippen molar-refractivity contribution in [3.8, 4) is 5.75 Å². The summed E-state index contributed by atoms with van der Waals surface area (Å²) in [5.41, 5.74) is 6.23. The van der Waals surface area contributed by atoms with Gasteiger partial charge in [0, 0.05) is 5.39 Å². The summed E-state index contributed by atoms with van der Waals surface area (Å²) in [4.78, 5) is 23.5. The first kappa shape index (κ1) is 16.6. The van der Waals surface area contributed by atoms with Crippen molar-refractivity contribution in [3.05, 3.63) is 65.9 Å². The van der Waals surface area contributed by atoms with E-state index in [2.05, 4.69) is 0 Å². The van der Waals surface area contributed by atoms with E-state index in [0.717, 1.165) is 5.39 Å². The van der Waals surface area contributed by atoms with Crippen molar-refractivity contribution in [2.45, 2.75) is 19.6 Å². The van der Waals surface area contributed by atoms with E-state index >= 15 is 0 Å². The first-order valence-electron chi connectivity index (χ1n) is 7.75. The second kappa shape index (κ2) is 7.09. The predicted molar refractivity (Wildman–Crippen MR) is 91.1 cm³/mol. The van der Waals surface area contributed by atoms with Crippen LogP contribution < -0.4 is 10.5 Å². The third-order valence-electron chi connectivity index (χ3n) is 3.69. The average Bonchev–Trinajstić information content (AvgIpc) is 2.99. The lowest BCUT2D eigenvalue weighted by atomic mass is 10.1. The summed E-state index contributed by atoms with van der Waals surface area (Å²) < 4.78 is 16.4. The molecule has 0 spiro atoms. The van der Waals surface area contributed by atoms with Crippen LogP contribution in [0, 0.1) is 0 Å². The molecule has 0 fully saturated rings. The Labute approximate surface area is 144 Å². The smallest absolute Gasteiger partial charge is 0.375 e. The number of primary amides is 1. The zero-order valence-electron chi connectivity index (χ0n) is 13.6. The van der Waals surface area contributed by atoms with Crippen LogP contribution in [0.2, 0.25) is 0 Å². The lowest BCUT2D eigenvalue weighted by Gasteiger charge is -2.10. The van der Waals surface area contributed by atoms with Crippen LogP contribution in [-0.4, -0.2) is 18.0 Å². The van der Waals surface area contributed by atoms with E-state index in [1.807, 2.05) is 42.5 Å². The van der Waals surface area contributed by atoms with Gasteiger partial charge in [-0.1, -0.05) is 36.4 Å². The van der Waals surface area contributed by atoms with Crippen LogP contribution in [0.15, 0.2) is 59.0 Å². The van der Waals surface area contributed by atoms with Crippen LogP contribution in [0.1, 0.15) is 23.0 Å². The van der Waals surface area contributed by atoms with Crippen molar-refractivity contribution in [3.63, 3.8) is 0 Å².